The van der Waals surface area contributed by atoms with Gasteiger partial charge in [0.1, 0.15) is 0 Å². The molecule has 0 aromatic heterocycles. The van der Waals surface area contributed by atoms with Crippen LogP contribution in [0, 0.1) is 0 Å². The van der Waals surface area contributed by atoms with E-state index >= 15 is 0 Å². The molecular weight excluding hydrogens is 238 g/mol. The van der Waals surface area contributed by atoms with E-state index in [-0.39, 0.29) is 12.5 Å². The number of likely N-dealkylation sites (N-methyl/N-ethyl adjacent to an activating group) is 1. The maximum absolute atomic E-state index is 11.7. The van der Waals surface area contributed by atoms with Crippen molar-refractivity contribution in [2.45, 2.75) is 6.92 Å². The standard InChI is InChI=1S/C13H16ClNO2/c1-2-15(9-10-16)13(17)8-5-11-3-6-12(14)7-4-11/h3-8,16H,2,9-10H2,1H3/b8-5+. The van der Waals surface area contributed by atoms with Crippen molar-refractivity contribution in [1.82, 2.24) is 4.90 Å². The Morgan fingerprint density at radius 1 is 1.41 bits per heavy atom. The van der Waals surface area contributed by atoms with Gasteiger partial charge >= 0.3 is 0 Å². The Labute approximate surface area is 106 Å². The number of aliphatic hydroxyl groups excluding tert-OH is 1. The van der Waals surface area contributed by atoms with Crippen LogP contribution in [-0.4, -0.2) is 35.6 Å². The second-order valence-electron chi connectivity index (χ2n) is 3.53. The van der Waals surface area contributed by atoms with Gasteiger partial charge in [0.25, 0.3) is 0 Å². The molecule has 0 radical (unpaired) electrons. The molecule has 0 aliphatic heterocycles. The van der Waals surface area contributed by atoms with Crippen molar-refractivity contribution >= 4 is 23.6 Å². The Kier molecular flexibility index (Phi) is 5.73. The minimum Gasteiger partial charge on any atom is -0.395 e. The molecule has 1 N–H and O–H groups in total. The Morgan fingerprint density at radius 3 is 2.59 bits per heavy atom. The third-order valence-corrected chi connectivity index (χ3v) is 2.60. The van der Waals surface area contributed by atoms with E-state index in [9.17, 15) is 4.79 Å². The first-order chi connectivity index (χ1) is 8.17. The average Bonchev–Trinajstić information content (AvgIpc) is 2.35. The summed E-state index contributed by atoms with van der Waals surface area (Å²) in [4.78, 5) is 13.3. The van der Waals surface area contributed by atoms with Gasteiger partial charge in [-0.2, -0.15) is 0 Å². The minimum absolute atomic E-state index is 0.0195. The second kappa shape index (κ2) is 7.09. The average molecular weight is 254 g/mol. The molecule has 0 fully saturated rings. The zero-order chi connectivity index (χ0) is 12.7. The molecule has 0 atom stereocenters. The number of rotatable bonds is 5. The molecule has 3 nitrogen and oxygen atoms in total. The van der Waals surface area contributed by atoms with Crippen LogP contribution in [0.3, 0.4) is 0 Å². The number of carbonyl (C=O) groups excluding carboxylic acids is 1. The minimum atomic E-state index is -0.100. The molecule has 0 unspecified atom stereocenters. The van der Waals surface area contributed by atoms with Crippen molar-refractivity contribution in [2.75, 3.05) is 19.7 Å². The molecule has 4 heteroatoms. The van der Waals surface area contributed by atoms with Gasteiger partial charge in [0, 0.05) is 24.2 Å². The number of hydrogen-bond acceptors (Lipinski definition) is 2. The molecule has 0 aliphatic rings. The number of halogens is 1. The summed E-state index contributed by atoms with van der Waals surface area (Å²) in [5, 5.41) is 9.47. The maximum Gasteiger partial charge on any atom is 0.246 e. The summed E-state index contributed by atoms with van der Waals surface area (Å²) in [6.07, 6.45) is 3.24. The lowest BCUT2D eigenvalue weighted by atomic mass is 10.2. The van der Waals surface area contributed by atoms with Crippen molar-refractivity contribution in [3.05, 3.63) is 40.9 Å². The van der Waals surface area contributed by atoms with E-state index in [0.29, 0.717) is 18.1 Å². The molecule has 0 saturated heterocycles. The fourth-order valence-electron chi connectivity index (χ4n) is 1.39. The quantitative estimate of drug-likeness (QED) is 0.818. The SMILES string of the molecule is CCN(CCO)C(=O)/C=C/c1ccc(Cl)cc1. The Hall–Kier alpha value is -1.32. The Morgan fingerprint density at radius 2 is 2.06 bits per heavy atom. The van der Waals surface area contributed by atoms with Gasteiger partial charge in [-0.3, -0.25) is 4.79 Å². The van der Waals surface area contributed by atoms with Crippen LogP contribution in [0.5, 0.6) is 0 Å². The maximum atomic E-state index is 11.7. The highest BCUT2D eigenvalue weighted by Gasteiger charge is 2.06. The number of nitrogens with zero attached hydrogens (tertiary/aromatic N) is 1. The summed E-state index contributed by atoms with van der Waals surface area (Å²) in [6, 6.07) is 7.23. The number of amides is 1. The molecule has 1 amide bonds. The molecule has 0 heterocycles. The van der Waals surface area contributed by atoms with Gasteiger partial charge in [-0.25, -0.2) is 0 Å². The van der Waals surface area contributed by atoms with Gasteiger partial charge in [-0.15, -0.1) is 0 Å². The van der Waals surface area contributed by atoms with Crippen molar-refractivity contribution in [3.8, 4) is 0 Å². The molecule has 0 spiro atoms. The van der Waals surface area contributed by atoms with E-state index < -0.39 is 0 Å². The van der Waals surface area contributed by atoms with E-state index in [4.69, 9.17) is 16.7 Å². The number of aliphatic hydroxyl groups is 1. The van der Waals surface area contributed by atoms with Crippen molar-refractivity contribution < 1.29 is 9.90 Å². The molecule has 1 aromatic carbocycles. The normalized spacial score (nSPS) is 10.8. The first kappa shape index (κ1) is 13.7. The van der Waals surface area contributed by atoms with E-state index in [2.05, 4.69) is 0 Å². The predicted octanol–water partition coefficient (Wildman–Crippen LogP) is 2.19. The van der Waals surface area contributed by atoms with E-state index in [1.807, 2.05) is 19.1 Å². The number of carbonyl (C=O) groups is 1. The second-order valence-corrected chi connectivity index (χ2v) is 3.96. The first-order valence-corrected chi connectivity index (χ1v) is 5.88. The Bertz CT molecular complexity index is 387. The summed E-state index contributed by atoms with van der Waals surface area (Å²) >= 11 is 5.76. The van der Waals surface area contributed by atoms with Crippen LogP contribution >= 0.6 is 11.6 Å². The zero-order valence-corrected chi connectivity index (χ0v) is 10.5. The highest BCUT2D eigenvalue weighted by Crippen LogP contribution is 2.10. The smallest absolute Gasteiger partial charge is 0.246 e. The number of hydrogen-bond donors (Lipinski definition) is 1. The molecule has 0 saturated carbocycles. The van der Waals surface area contributed by atoms with Crippen LogP contribution in [0.25, 0.3) is 6.08 Å². The van der Waals surface area contributed by atoms with E-state index in [1.165, 1.54) is 6.08 Å². The molecule has 0 bridgehead atoms. The fraction of sp³-hybridized carbons (Fsp3) is 0.308. The van der Waals surface area contributed by atoms with Gasteiger partial charge < -0.3 is 10.0 Å². The monoisotopic (exact) mass is 253 g/mol. The topological polar surface area (TPSA) is 40.5 Å². The Balaban J connectivity index is 2.63. The highest BCUT2D eigenvalue weighted by molar-refractivity contribution is 6.30. The van der Waals surface area contributed by atoms with Crippen LogP contribution < -0.4 is 0 Å². The molecule has 17 heavy (non-hydrogen) atoms. The first-order valence-electron chi connectivity index (χ1n) is 5.50. The molecular formula is C13H16ClNO2. The van der Waals surface area contributed by atoms with Gasteiger partial charge in [0.15, 0.2) is 0 Å². The van der Waals surface area contributed by atoms with Crippen molar-refractivity contribution in [3.63, 3.8) is 0 Å². The van der Waals surface area contributed by atoms with Crippen molar-refractivity contribution in [1.29, 1.82) is 0 Å². The summed E-state index contributed by atoms with van der Waals surface area (Å²) < 4.78 is 0. The van der Waals surface area contributed by atoms with Gasteiger partial charge in [0.05, 0.1) is 6.61 Å². The lowest BCUT2D eigenvalue weighted by Gasteiger charge is -2.17. The molecule has 0 aliphatic carbocycles. The number of benzene rings is 1. The molecule has 92 valence electrons. The molecule has 1 aromatic rings. The van der Waals surface area contributed by atoms with Crippen LogP contribution in [0.4, 0.5) is 0 Å². The van der Waals surface area contributed by atoms with Gasteiger partial charge in [-0.1, -0.05) is 23.7 Å². The summed E-state index contributed by atoms with van der Waals surface area (Å²) in [6.45, 7) is 2.81. The third-order valence-electron chi connectivity index (χ3n) is 2.35. The predicted molar refractivity (Wildman–Crippen MR) is 69.8 cm³/mol. The third kappa shape index (κ3) is 4.59. The lowest BCUT2D eigenvalue weighted by Crippen LogP contribution is -2.31. The summed E-state index contributed by atoms with van der Waals surface area (Å²) in [5.74, 6) is -0.100. The van der Waals surface area contributed by atoms with Crippen molar-refractivity contribution in [2.24, 2.45) is 0 Å². The van der Waals surface area contributed by atoms with Gasteiger partial charge in [0.2, 0.25) is 5.91 Å². The van der Waals surface area contributed by atoms with E-state index in [0.717, 1.165) is 5.56 Å². The van der Waals surface area contributed by atoms with Gasteiger partial charge in [-0.05, 0) is 30.7 Å². The lowest BCUT2D eigenvalue weighted by molar-refractivity contribution is -0.126. The largest absolute Gasteiger partial charge is 0.395 e. The summed E-state index contributed by atoms with van der Waals surface area (Å²) in [7, 11) is 0. The van der Waals surface area contributed by atoms with Crippen LogP contribution in [0.15, 0.2) is 30.3 Å². The zero-order valence-electron chi connectivity index (χ0n) is 9.77. The van der Waals surface area contributed by atoms with Crippen LogP contribution in [0.1, 0.15) is 12.5 Å². The fourth-order valence-corrected chi connectivity index (χ4v) is 1.52. The molecule has 1 rings (SSSR count). The van der Waals surface area contributed by atoms with Crippen LogP contribution in [-0.2, 0) is 4.79 Å². The van der Waals surface area contributed by atoms with E-state index in [1.54, 1.807) is 23.1 Å². The van der Waals surface area contributed by atoms with Crippen LogP contribution in [0.2, 0.25) is 5.02 Å². The summed E-state index contributed by atoms with van der Waals surface area (Å²) in [5.41, 5.74) is 0.919. The highest BCUT2D eigenvalue weighted by atomic mass is 35.5.